The molecule has 0 spiro atoms. The van der Waals surface area contributed by atoms with Crippen LogP contribution < -0.4 is 32.3 Å². The summed E-state index contributed by atoms with van der Waals surface area (Å²) < 4.78 is 21.7. The Morgan fingerprint density at radius 1 is 0.446 bits per heavy atom. The van der Waals surface area contributed by atoms with Crippen LogP contribution in [0.15, 0.2) is 0 Å². The van der Waals surface area contributed by atoms with Crippen LogP contribution in [0.2, 0.25) is 0 Å². The molecule has 0 rings (SSSR count). The number of likely N-dealkylation sites (N-methyl/N-ethyl adjacent to an activating group) is 1. The van der Waals surface area contributed by atoms with Gasteiger partial charge in [0, 0.05) is 45.3 Å². The Morgan fingerprint density at radius 3 is 1.30 bits per heavy atom. The van der Waals surface area contributed by atoms with Gasteiger partial charge in [-0.05, 0) is 46.1 Å². The third-order valence-corrected chi connectivity index (χ3v) is 10.8. The number of amides is 5. The molecule has 0 saturated heterocycles. The molecule has 0 aromatic heterocycles. The lowest BCUT2D eigenvalue weighted by Gasteiger charge is -2.29. The first-order chi connectivity index (χ1) is 35.6. The number of nitrogens with one attached hydrogen (secondary N) is 5. The maximum atomic E-state index is 12.5. The van der Waals surface area contributed by atoms with Crippen LogP contribution in [0, 0.1) is 0 Å². The van der Waals surface area contributed by atoms with Crippen LogP contribution in [0.4, 0.5) is 0 Å². The van der Waals surface area contributed by atoms with Crippen LogP contribution in [0.1, 0.15) is 176 Å². The average Bonchev–Trinajstić information content (AvgIpc) is 3.36. The number of hydrogen-bond donors (Lipinski definition) is 8. The molecule has 0 aromatic rings. The lowest BCUT2D eigenvalue weighted by Crippen LogP contribution is -2.51. The zero-order valence-electron chi connectivity index (χ0n) is 47.4. The van der Waals surface area contributed by atoms with Crippen LogP contribution in [0.5, 0.6) is 0 Å². The SMILES string of the molecule is CC.CC.CC(=O)CCCCCNC(=O)COCCOCCNC(=O)COCCOCCNC(=O)C[N+](C)(C)CCNC(=O)CCC(NC(=O)CCCCCCCCCCCCCCCCC(=O)O)C(=O)O.CN. The van der Waals surface area contributed by atoms with E-state index in [2.05, 4.69) is 32.3 Å². The minimum absolute atomic E-state index is 0.0309. The zero-order valence-corrected chi connectivity index (χ0v) is 47.4. The van der Waals surface area contributed by atoms with E-state index in [1.54, 1.807) is 6.92 Å². The molecule has 21 nitrogen and oxygen atoms in total. The third kappa shape index (κ3) is 60.3. The molecule has 5 amide bonds. The van der Waals surface area contributed by atoms with Crippen molar-refractivity contribution >= 4 is 47.3 Å². The highest BCUT2D eigenvalue weighted by atomic mass is 16.5. The van der Waals surface area contributed by atoms with Gasteiger partial charge in [-0.25, -0.2) is 4.79 Å². The largest absolute Gasteiger partial charge is 0.481 e. The lowest BCUT2D eigenvalue weighted by atomic mass is 10.0. The standard InChI is InChI=1S/C48H88N6O14.2C2H6.CH5N/c1-40(55)21-17-16-20-26-49-45(59)38-67-35-34-66-32-29-52-46(60)39-68-36-33-65-31-28-51-44(58)37-54(2,3)30-27-50-42(56)25-24-41(48(63)64)53-43(57)22-18-14-12-10-8-6-4-5-7-9-11-13-15-19-23-47(61)62;3*1-2/h41H,4-39H2,1-3H3,(H6-,49,50,51,52,53,56,57,58,59,60,61,62,63,64);2*1-2H3;2H2,1H3/p+1. The number of Topliss-reactive ketones (excluding diaryl/α,β-unsaturated/α-hetero) is 1. The predicted octanol–water partition coefficient (Wildman–Crippen LogP) is 5.05. The molecule has 0 radical (unpaired) electrons. The number of ether oxygens (including phenoxy) is 4. The molecule has 0 aromatic carbocycles. The van der Waals surface area contributed by atoms with Crippen molar-refractivity contribution < 1.29 is 72.0 Å². The van der Waals surface area contributed by atoms with Crippen molar-refractivity contribution in [3.8, 4) is 0 Å². The summed E-state index contributed by atoms with van der Waals surface area (Å²) in [5, 5.41) is 31.8. The molecule has 0 aliphatic rings. The van der Waals surface area contributed by atoms with Crippen molar-refractivity contribution in [2.75, 3.05) is 113 Å². The molecule has 436 valence electrons. The van der Waals surface area contributed by atoms with E-state index in [9.17, 15) is 43.5 Å². The van der Waals surface area contributed by atoms with Crippen LogP contribution >= 0.6 is 0 Å². The van der Waals surface area contributed by atoms with Crippen molar-refractivity contribution in [2.45, 2.75) is 182 Å². The highest BCUT2D eigenvalue weighted by Gasteiger charge is 2.23. The minimum Gasteiger partial charge on any atom is -0.481 e. The number of ketones is 1. The summed E-state index contributed by atoms with van der Waals surface area (Å²) >= 11 is 0. The molecule has 1 unspecified atom stereocenters. The molecule has 9 N–H and O–H groups in total. The van der Waals surface area contributed by atoms with E-state index in [0.29, 0.717) is 30.4 Å². The van der Waals surface area contributed by atoms with E-state index in [-0.39, 0.29) is 140 Å². The summed E-state index contributed by atoms with van der Waals surface area (Å²) in [6.45, 7) is 12.8. The number of unbranched alkanes of at least 4 members (excludes halogenated alkanes) is 15. The highest BCUT2D eigenvalue weighted by molar-refractivity contribution is 5.84. The van der Waals surface area contributed by atoms with Crippen molar-refractivity contribution in [3.05, 3.63) is 0 Å². The predicted molar refractivity (Wildman–Crippen MR) is 289 cm³/mol. The first-order valence-corrected chi connectivity index (χ1v) is 27.6. The van der Waals surface area contributed by atoms with Crippen LogP contribution in [0.25, 0.3) is 0 Å². The van der Waals surface area contributed by atoms with Crippen molar-refractivity contribution in [1.29, 1.82) is 0 Å². The van der Waals surface area contributed by atoms with E-state index >= 15 is 0 Å². The molecule has 0 bridgehead atoms. The number of rotatable bonds is 49. The van der Waals surface area contributed by atoms with Gasteiger partial charge in [-0.2, -0.15) is 0 Å². The summed E-state index contributed by atoms with van der Waals surface area (Å²) in [6, 6.07) is -1.15. The summed E-state index contributed by atoms with van der Waals surface area (Å²) in [5.41, 5.74) is 4.50. The van der Waals surface area contributed by atoms with Gasteiger partial charge in [-0.1, -0.05) is 111 Å². The summed E-state index contributed by atoms with van der Waals surface area (Å²) in [6.07, 6.45) is 18.5. The van der Waals surface area contributed by atoms with E-state index in [1.165, 1.54) is 45.6 Å². The second-order valence-electron chi connectivity index (χ2n) is 17.9. The molecule has 1 atom stereocenters. The smallest absolute Gasteiger partial charge is 0.326 e. The van der Waals surface area contributed by atoms with Crippen LogP contribution in [-0.4, -0.2) is 181 Å². The lowest BCUT2D eigenvalue weighted by molar-refractivity contribution is -0.881. The number of hydrogen-bond acceptors (Lipinski definition) is 13. The number of nitrogens with zero attached hydrogens (tertiary/aromatic N) is 1. The normalized spacial score (nSPS) is 11.0. The molecule has 0 aliphatic carbocycles. The van der Waals surface area contributed by atoms with Gasteiger partial charge >= 0.3 is 11.9 Å². The fraction of sp³-hybridized carbons (Fsp3) is 0.849. The summed E-state index contributed by atoms with van der Waals surface area (Å²) in [7, 11) is 5.21. The molecule has 21 heteroatoms. The Kier molecular flexibility index (Phi) is 59.7. The van der Waals surface area contributed by atoms with Crippen LogP contribution in [0.3, 0.4) is 0 Å². The van der Waals surface area contributed by atoms with Crippen molar-refractivity contribution in [3.63, 3.8) is 0 Å². The number of carbonyl (C=O) groups excluding carboxylic acids is 6. The van der Waals surface area contributed by atoms with Gasteiger partial charge in [0.05, 0.1) is 66.8 Å². The molecule has 0 heterocycles. The minimum atomic E-state index is -1.18. The zero-order chi connectivity index (χ0) is 56.5. The van der Waals surface area contributed by atoms with Gasteiger partial charge < -0.3 is 70.8 Å². The van der Waals surface area contributed by atoms with Gasteiger partial charge in [0.2, 0.25) is 23.6 Å². The molecular formula is C53H106N7O14+. The van der Waals surface area contributed by atoms with Gasteiger partial charge in [-0.3, -0.25) is 28.8 Å². The Labute approximate surface area is 445 Å². The quantitative estimate of drug-likeness (QED) is 0.0292. The molecule has 0 saturated carbocycles. The fourth-order valence-corrected chi connectivity index (χ4v) is 6.89. The van der Waals surface area contributed by atoms with Crippen molar-refractivity contribution in [1.82, 2.24) is 26.6 Å². The van der Waals surface area contributed by atoms with E-state index in [0.717, 1.165) is 64.2 Å². The topological polar surface area (TPSA) is 300 Å². The van der Waals surface area contributed by atoms with Gasteiger partial charge in [0.15, 0.2) is 6.54 Å². The molecule has 0 fully saturated rings. The number of carboxylic acids is 2. The maximum Gasteiger partial charge on any atom is 0.326 e. The van der Waals surface area contributed by atoms with E-state index in [4.69, 9.17) is 24.1 Å². The summed E-state index contributed by atoms with van der Waals surface area (Å²) in [4.78, 5) is 94.3. The number of carbonyl (C=O) groups is 8. The average molecular weight is 1070 g/mol. The second kappa shape index (κ2) is 58.0. The number of nitrogens with two attached hydrogens (primary N) is 1. The Hall–Kier alpha value is -4.28. The van der Waals surface area contributed by atoms with Gasteiger partial charge in [-0.15, -0.1) is 0 Å². The third-order valence-electron chi connectivity index (χ3n) is 10.8. The second-order valence-corrected chi connectivity index (χ2v) is 17.9. The first kappa shape index (κ1) is 76.2. The molecule has 0 aliphatic heterocycles. The Bertz CT molecular complexity index is 1410. The van der Waals surface area contributed by atoms with Crippen molar-refractivity contribution in [2.24, 2.45) is 5.73 Å². The van der Waals surface area contributed by atoms with Gasteiger partial charge in [0.1, 0.15) is 25.0 Å². The van der Waals surface area contributed by atoms with Crippen LogP contribution in [-0.2, 0) is 57.3 Å². The van der Waals surface area contributed by atoms with Gasteiger partial charge in [0.25, 0.3) is 5.91 Å². The number of aliphatic carboxylic acids is 2. The monoisotopic (exact) mass is 1060 g/mol. The first-order valence-electron chi connectivity index (χ1n) is 27.6. The fourth-order valence-electron chi connectivity index (χ4n) is 6.89. The van der Waals surface area contributed by atoms with E-state index < -0.39 is 18.0 Å². The molecular weight excluding hydrogens is 959 g/mol. The molecule has 74 heavy (non-hydrogen) atoms. The number of carboxylic acid groups (broad SMARTS) is 2. The Morgan fingerprint density at radius 2 is 0.838 bits per heavy atom. The maximum absolute atomic E-state index is 12.5. The summed E-state index contributed by atoms with van der Waals surface area (Å²) in [5.74, 6) is -3.10. The number of quaternary nitrogens is 1. The van der Waals surface area contributed by atoms with E-state index in [1.807, 2.05) is 41.8 Å². The highest BCUT2D eigenvalue weighted by Crippen LogP contribution is 2.14. The Balaban J connectivity index is -0.00000392.